The number of aromatic nitrogens is 2. The normalized spacial score (nSPS) is 17.2. The average molecular weight is 457 g/mol. The molecule has 2 N–H and O–H groups in total. The minimum absolute atomic E-state index is 0.0354. The number of para-hydroxylation sites is 1. The van der Waals surface area contributed by atoms with Crippen molar-refractivity contribution in [1.29, 1.82) is 0 Å². The Balaban J connectivity index is 1.33. The van der Waals surface area contributed by atoms with Gasteiger partial charge in [0, 0.05) is 48.5 Å². The third-order valence-electron chi connectivity index (χ3n) is 7.05. The number of fused-ring (bicyclic) bond motifs is 1. The molecule has 4 aromatic rings. The zero-order chi connectivity index (χ0) is 23.5. The van der Waals surface area contributed by atoms with Crippen molar-refractivity contribution < 1.29 is 9.53 Å². The average Bonchev–Trinajstić information content (AvgIpc) is 3.60. The number of H-pyrrole nitrogens is 1. The van der Waals surface area contributed by atoms with Crippen LogP contribution in [0.3, 0.4) is 0 Å². The maximum Gasteiger partial charge on any atom is 0.234 e. The van der Waals surface area contributed by atoms with Crippen LogP contribution < -0.4 is 10.1 Å². The Morgan fingerprint density at radius 3 is 2.74 bits per heavy atom. The van der Waals surface area contributed by atoms with Crippen LogP contribution in [0.4, 0.5) is 0 Å². The standard InChI is InChI=1S/C28H32N4O2/c1-31-15-5-9-26(31)27-10-6-16-32(27)19-28(33)30-17-23(20-11-13-21(34-2)14-12-20)24-18-29-25-8-4-3-7-22(24)25/h3-5,7-9,11-15,18,23,27,29H,6,10,16-17,19H2,1-2H3,(H,30,33)/t23-,27-/m1/s1. The van der Waals surface area contributed by atoms with Gasteiger partial charge in [-0.1, -0.05) is 30.3 Å². The Morgan fingerprint density at radius 2 is 1.97 bits per heavy atom. The monoisotopic (exact) mass is 456 g/mol. The van der Waals surface area contributed by atoms with Crippen molar-refractivity contribution in [2.45, 2.75) is 24.8 Å². The second-order valence-corrected chi connectivity index (χ2v) is 9.09. The molecule has 1 aliphatic rings. The molecule has 6 nitrogen and oxygen atoms in total. The molecule has 0 saturated carbocycles. The summed E-state index contributed by atoms with van der Waals surface area (Å²) in [7, 11) is 3.75. The number of benzene rings is 2. The summed E-state index contributed by atoms with van der Waals surface area (Å²) in [4.78, 5) is 18.8. The lowest BCUT2D eigenvalue weighted by Gasteiger charge is -2.25. The summed E-state index contributed by atoms with van der Waals surface area (Å²) in [6.45, 7) is 1.91. The molecule has 6 heteroatoms. The molecule has 0 spiro atoms. The van der Waals surface area contributed by atoms with E-state index in [0.29, 0.717) is 19.1 Å². The number of rotatable bonds is 8. The summed E-state index contributed by atoms with van der Waals surface area (Å²) in [6, 6.07) is 21.0. The van der Waals surface area contributed by atoms with Crippen LogP contribution in [0, 0.1) is 0 Å². The molecule has 1 aliphatic heterocycles. The van der Waals surface area contributed by atoms with E-state index >= 15 is 0 Å². The van der Waals surface area contributed by atoms with Gasteiger partial charge in [-0.15, -0.1) is 0 Å². The number of hydrogen-bond donors (Lipinski definition) is 2. The van der Waals surface area contributed by atoms with Crippen LogP contribution in [-0.2, 0) is 11.8 Å². The maximum atomic E-state index is 13.1. The van der Waals surface area contributed by atoms with Crippen molar-refractivity contribution in [2.24, 2.45) is 7.05 Å². The lowest BCUT2D eigenvalue weighted by atomic mass is 9.90. The molecule has 0 radical (unpaired) electrons. The lowest BCUT2D eigenvalue weighted by Crippen LogP contribution is -2.39. The number of aromatic amines is 1. The summed E-state index contributed by atoms with van der Waals surface area (Å²) in [6.07, 6.45) is 6.35. The number of amides is 1. The summed E-state index contributed by atoms with van der Waals surface area (Å²) in [5, 5.41) is 4.42. The molecular formula is C28H32N4O2. The number of likely N-dealkylation sites (tertiary alicyclic amines) is 1. The van der Waals surface area contributed by atoms with E-state index in [2.05, 4.69) is 81.7 Å². The van der Waals surface area contributed by atoms with E-state index < -0.39 is 0 Å². The molecule has 176 valence electrons. The van der Waals surface area contributed by atoms with Crippen LogP contribution in [0.15, 0.2) is 73.1 Å². The van der Waals surface area contributed by atoms with Crippen LogP contribution in [0.2, 0.25) is 0 Å². The van der Waals surface area contributed by atoms with Gasteiger partial charge in [0.25, 0.3) is 0 Å². The van der Waals surface area contributed by atoms with E-state index in [-0.39, 0.29) is 11.8 Å². The molecule has 2 atom stereocenters. The van der Waals surface area contributed by atoms with Gasteiger partial charge in [-0.3, -0.25) is 9.69 Å². The number of nitrogens with one attached hydrogen (secondary N) is 2. The highest BCUT2D eigenvalue weighted by atomic mass is 16.5. The van der Waals surface area contributed by atoms with Gasteiger partial charge in [-0.2, -0.15) is 0 Å². The third-order valence-corrected chi connectivity index (χ3v) is 7.05. The Morgan fingerprint density at radius 1 is 1.15 bits per heavy atom. The summed E-state index contributed by atoms with van der Waals surface area (Å²) < 4.78 is 7.51. The first-order chi connectivity index (χ1) is 16.6. The highest BCUT2D eigenvalue weighted by Crippen LogP contribution is 2.33. The molecule has 0 bridgehead atoms. The van der Waals surface area contributed by atoms with Crippen LogP contribution in [0.5, 0.6) is 5.75 Å². The van der Waals surface area contributed by atoms with E-state index in [1.165, 1.54) is 16.6 Å². The molecule has 1 amide bonds. The van der Waals surface area contributed by atoms with Crippen LogP contribution >= 0.6 is 0 Å². The Hall–Kier alpha value is -3.51. The quantitative estimate of drug-likeness (QED) is 0.407. The predicted molar refractivity (Wildman–Crippen MR) is 135 cm³/mol. The van der Waals surface area contributed by atoms with Crippen molar-refractivity contribution in [3.8, 4) is 5.75 Å². The first-order valence-corrected chi connectivity index (χ1v) is 12.0. The van der Waals surface area contributed by atoms with Gasteiger partial charge in [0.2, 0.25) is 5.91 Å². The topological polar surface area (TPSA) is 62.3 Å². The highest BCUT2D eigenvalue weighted by molar-refractivity contribution is 5.84. The van der Waals surface area contributed by atoms with E-state index in [1.54, 1.807) is 7.11 Å². The number of carbonyl (C=O) groups is 1. The van der Waals surface area contributed by atoms with Crippen LogP contribution in [0.1, 0.15) is 41.6 Å². The third kappa shape index (κ3) is 4.46. The first kappa shape index (κ1) is 22.3. The smallest absolute Gasteiger partial charge is 0.234 e. The van der Waals surface area contributed by atoms with Gasteiger partial charge < -0.3 is 19.6 Å². The van der Waals surface area contributed by atoms with Gasteiger partial charge >= 0.3 is 0 Å². The number of aryl methyl sites for hydroxylation is 1. The van der Waals surface area contributed by atoms with E-state index in [0.717, 1.165) is 36.2 Å². The summed E-state index contributed by atoms with van der Waals surface area (Å²) in [5.41, 5.74) is 4.71. The fourth-order valence-electron chi connectivity index (χ4n) is 5.25. The van der Waals surface area contributed by atoms with Gasteiger partial charge in [0.15, 0.2) is 0 Å². The van der Waals surface area contributed by atoms with Gasteiger partial charge in [-0.25, -0.2) is 0 Å². The highest BCUT2D eigenvalue weighted by Gasteiger charge is 2.29. The molecular weight excluding hydrogens is 424 g/mol. The van der Waals surface area contributed by atoms with Gasteiger partial charge in [0.1, 0.15) is 5.75 Å². The zero-order valence-electron chi connectivity index (χ0n) is 19.8. The summed E-state index contributed by atoms with van der Waals surface area (Å²) >= 11 is 0. The number of carbonyl (C=O) groups excluding carboxylic acids is 1. The molecule has 34 heavy (non-hydrogen) atoms. The van der Waals surface area contributed by atoms with Crippen molar-refractivity contribution in [2.75, 3.05) is 26.7 Å². The number of hydrogen-bond acceptors (Lipinski definition) is 3. The molecule has 1 saturated heterocycles. The van der Waals surface area contributed by atoms with E-state index in [9.17, 15) is 4.79 Å². The van der Waals surface area contributed by atoms with Gasteiger partial charge in [-0.05, 0) is 60.8 Å². The maximum absolute atomic E-state index is 13.1. The Kier molecular flexibility index (Phi) is 6.41. The second kappa shape index (κ2) is 9.77. The van der Waals surface area contributed by atoms with Crippen molar-refractivity contribution in [3.63, 3.8) is 0 Å². The Labute approximate surface area is 200 Å². The zero-order valence-corrected chi connectivity index (χ0v) is 19.8. The SMILES string of the molecule is COc1ccc([C@@H](CNC(=O)CN2CCC[C@@H]2c2cccn2C)c2c[nH]c3ccccc23)cc1. The second-order valence-electron chi connectivity index (χ2n) is 9.09. The van der Waals surface area contributed by atoms with Crippen LogP contribution in [-0.4, -0.2) is 47.1 Å². The minimum atomic E-state index is 0.0354. The summed E-state index contributed by atoms with van der Waals surface area (Å²) in [5.74, 6) is 0.930. The molecule has 3 heterocycles. The number of nitrogens with zero attached hydrogens (tertiary/aromatic N) is 2. The van der Waals surface area contributed by atoms with Gasteiger partial charge in [0.05, 0.1) is 19.7 Å². The fourth-order valence-corrected chi connectivity index (χ4v) is 5.25. The molecule has 0 unspecified atom stereocenters. The minimum Gasteiger partial charge on any atom is -0.497 e. The molecule has 0 aliphatic carbocycles. The Bertz CT molecular complexity index is 1260. The van der Waals surface area contributed by atoms with Crippen molar-refractivity contribution in [3.05, 3.63) is 89.9 Å². The fraction of sp³-hybridized carbons (Fsp3) is 0.321. The number of ether oxygens (including phenoxy) is 1. The van der Waals surface area contributed by atoms with Crippen molar-refractivity contribution in [1.82, 2.24) is 19.8 Å². The predicted octanol–water partition coefficient (Wildman–Crippen LogP) is 4.60. The molecule has 2 aromatic heterocycles. The first-order valence-electron chi connectivity index (χ1n) is 12.0. The number of methoxy groups -OCH3 is 1. The molecule has 5 rings (SSSR count). The van der Waals surface area contributed by atoms with E-state index in [4.69, 9.17) is 4.74 Å². The van der Waals surface area contributed by atoms with E-state index in [1.807, 2.05) is 18.2 Å². The van der Waals surface area contributed by atoms with Crippen LogP contribution in [0.25, 0.3) is 10.9 Å². The lowest BCUT2D eigenvalue weighted by molar-refractivity contribution is -0.122. The molecule has 2 aromatic carbocycles. The molecule has 1 fully saturated rings. The van der Waals surface area contributed by atoms with Crippen molar-refractivity contribution >= 4 is 16.8 Å². The largest absolute Gasteiger partial charge is 0.497 e.